The molecule has 9 nitrogen and oxygen atoms in total. The molecule has 0 spiro atoms. The molecule has 2 aromatic heterocycles. The van der Waals surface area contributed by atoms with E-state index in [9.17, 15) is 18.8 Å². The van der Waals surface area contributed by atoms with Crippen LogP contribution in [0.2, 0.25) is 0 Å². The van der Waals surface area contributed by atoms with Gasteiger partial charge in [-0.25, -0.2) is 13.2 Å². The lowest BCUT2D eigenvalue weighted by molar-refractivity contribution is -0.122. The molecule has 0 saturated heterocycles. The molecular formula is C29H23F5N6O3. The number of hydrogen-bond donors (Lipinski definition) is 1. The first-order valence-electron chi connectivity index (χ1n) is 12.8. The number of nitrogens with two attached hydrogens (primary N) is 1. The van der Waals surface area contributed by atoms with Crippen molar-refractivity contribution >= 4 is 11.6 Å². The van der Waals surface area contributed by atoms with Crippen molar-refractivity contribution in [1.29, 1.82) is 5.26 Å². The number of benzene rings is 2. The number of halogens is 5. The van der Waals surface area contributed by atoms with Gasteiger partial charge in [-0.1, -0.05) is 24.3 Å². The summed E-state index contributed by atoms with van der Waals surface area (Å²) in [5, 5.41) is 17.0. The number of aromatic nitrogens is 3. The Balaban J connectivity index is 1.51. The molecule has 3 heterocycles. The van der Waals surface area contributed by atoms with Crippen LogP contribution in [0.1, 0.15) is 37.3 Å². The monoisotopic (exact) mass is 598 g/mol. The summed E-state index contributed by atoms with van der Waals surface area (Å²) in [5.41, 5.74) is 4.88. The van der Waals surface area contributed by atoms with Crippen LogP contribution in [0.4, 0.5) is 27.6 Å². The molecule has 1 unspecified atom stereocenters. The fraction of sp³-hybridized carbons (Fsp3) is 0.276. The number of fused-ring (bicyclic) bond motifs is 1. The number of nitriles is 1. The summed E-state index contributed by atoms with van der Waals surface area (Å²) >= 11 is 0. The van der Waals surface area contributed by atoms with Crippen molar-refractivity contribution in [3.8, 4) is 34.5 Å². The highest BCUT2D eigenvalue weighted by Crippen LogP contribution is 2.45. The second kappa shape index (κ2) is 11.1. The number of carbonyl (C=O) groups is 1. The number of hydrogen-bond acceptors (Lipinski definition) is 8. The number of alkyl halides is 4. The van der Waals surface area contributed by atoms with Gasteiger partial charge >= 0.3 is 6.61 Å². The maximum absolute atomic E-state index is 15.3. The molecule has 0 bridgehead atoms. The summed E-state index contributed by atoms with van der Waals surface area (Å²) in [4.78, 5) is 18.5. The minimum absolute atomic E-state index is 0.106. The van der Waals surface area contributed by atoms with Gasteiger partial charge in [-0.3, -0.25) is 9.78 Å². The van der Waals surface area contributed by atoms with Crippen molar-refractivity contribution in [2.24, 2.45) is 5.73 Å². The Morgan fingerprint density at radius 3 is 2.53 bits per heavy atom. The zero-order chi connectivity index (χ0) is 31.1. The van der Waals surface area contributed by atoms with Crippen LogP contribution in [-0.4, -0.2) is 33.7 Å². The van der Waals surface area contributed by atoms with E-state index in [-0.39, 0.29) is 35.3 Å². The summed E-state index contributed by atoms with van der Waals surface area (Å²) < 4.78 is 80.5. The van der Waals surface area contributed by atoms with Crippen LogP contribution >= 0.6 is 0 Å². The third-order valence-corrected chi connectivity index (χ3v) is 6.85. The lowest BCUT2D eigenvalue weighted by Gasteiger charge is -2.25. The molecule has 43 heavy (non-hydrogen) atoms. The van der Waals surface area contributed by atoms with Gasteiger partial charge in [0.05, 0.1) is 41.8 Å². The molecule has 1 aliphatic heterocycles. The number of ether oxygens (including phenoxy) is 1. The van der Waals surface area contributed by atoms with Crippen LogP contribution in [0.5, 0.6) is 5.75 Å². The predicted molar refractivity (Wildman–Crippen MR) is 142 cm³/mol. The zero-order valence-electron chi connectivity index (χ0n) is 22.7. The van der Waals surface area contributed by atoms with Crippen LogP contribution in [0.25, 0.3) is 22.7 Å². The van der Waals surface area contributed by atoms with E-state index < -0.39 is 47.7 Å². The number of nitrogens with zero attached hydrogens (tertiary/aromatic N) is 5. The molecular weight excluding hydrogens is 575 g/mol. The Morgan fingerprint density at radius 2 is 1.91 bits per heavy atom. The highest BCUT2D eigenvalue weighted by molar-refractivity contribution is 5.99. The number of amides is 1. The van der Waals surface area contributed by atoms with E-state index >= 15 is 13.2 Å². The lowest BCUT2D eigenvalue weighted by atomic mass is 9.96. The van der Waals surface area contributed by atoms with Gasteiger partial charge in [-0.05, 0) is 43.7 Å². The molecule has 0 fully saturated rings. The van der Waals surface area contributed by atoms with Crippen LogP contribution in [0.15, 0.2) is 59.1 Å². The van der Waals surface area contributed by atoms with E-state index in [1.54, 1.807) is 24.3 Å². The Morgan fingerprint density at radius 1 is 1.19 bits per heavy atom. The lowest BCUT2D eigenvalue weighted by Crippen LogP contribution is -2.43. The molecule has 14 heteroatoms. The second-order valence-electron chi connectivity index (χ2n) is 10.4. The maximum Gasteiger partial charge on any atom is 0.387 e. The van der Waals surface area contributed by atoms with Crippen LogP contribution < -0.4 is 15.4 Å². The smallest absolute Gasteiger partial charge is 0.387 e. The van der Waals surface area contributed by atoms with Crippen molar-refractivity contribution in [1.82, 2.24) is 15.2 Å². The van der Waals surface area contributed by atoms with Gasteiger partial charge in [0.15, 0.2) is 0 Å². The Kier molecular flexibility index (Phi) is 7.61. The van der Waals surface area contributed by atoms with Crippen LogP contribution in [-0.2, 0) is 22.7 Å². The maximum atomic E-state index is 15.3. The number of carbonyl (C=O) groups excluding carboxylic acids is 1. The first-order valence-corrected chi connectivity index (χ1v) is 12.8. The van der Waals surface area contributed by atoms with Crippen molar-refractivity contribution in [3.05, 3.63) is 77.6 Å². The van der Waals surface area contributed by atoms with Gasteiger partial charge in [-0.2, -0.15) is 14.0 Å². The molecule has 1 amide bonds. The molecule has 1 aliphatic rings. The van der Waals surface area contributed by atoms with E-state index in [0.717, 1.165) is 17.2 Å². The third-order valence-electron chi connectivity index (χ3n) is 6.85. The molecule has 0 aliphatic carbocycles. The first-order chi connectivity index (χ1) is 20.3. The van der Waals surface area contributed by atoms with Crippen LogP contribution in [0, 0.1) is 17.1 Å². The summed E-state index contributed by atoms with van der Waals surface area (Å²) in [5.74, 6) is -6.11. The number of anilines is 1. The fourth-order valence-corrected chi connectivity index (χ4v) is 4.52. The van der Waals surface area contributed by atoms with Gasteiger partial charge in [-0.15, -0.1) is 10.2 Å². The van der Waals surface area contributed by atoms with Gasteiger partial charge in [0.1, 0.15) is 17.0 Å². The van der Waals surface area contributed by atoms with Crippen molar-refractivity contribution < 1.29 is 35.9 Å². The first kappa shape index (κ1) is 29.6. The van der Waals surface area contributed by atoms with E-state index in [2.05, 4.69) is 19.9 Å². The fourth-order valence-electron chi connectivity index (χ4n) is 4.52. The molecule has 1 atom stereocenters. The topological polar surface area (TPSA) is 131 Å². The van der Waals surface area contributed by atoms with E-state index in [0.29, 0.717) is 22.9 Å². The largest absolute Gasteiger partial charge is 0.433 e. The standard InChI is InChI=1S/C29H23F5N6O3/c1-28(2,14-35)26-39-38-24(43-26)18-9-23-19(10-20(18)30)29(33,34)11-21(36)25(41)40(23)13-15-3-5-16(6-4-15)22-8-7-17(12-37-22)42-27(31)32/h3-10,12,21,27H,11,13,36H2,1-2H3. The Bertz CT molecular complexity index is 1700. The molecule has 2 aromatic carbocycles. The minimum atomic E-state index is -3.64. The quantitative estimate of drug-likeness (QED) is 0.268. The Hall–Kier alpha value is -4.90. The third kappa shape index (κ3) is 5.89. The molecule has 2 N–H and O–H groups in total. The van der Waals surface area contributed by atoms with Gasteiger partial charge in [0.2, 0.25) is 11.8 Å². The summed E-state index contributed by atoms with van der Waals surface area (Å²) in [6, 6.07) is 11.4. The number of rotatable bonds is 7. The zero-order valence-corrected chi connectivity index (χ0v) is 22.7. The van der Waals surface area contributed by atoms with Gasteiger partial charge < -0.3 is 19.8 Å². The highest BCUT2D eigenvalue weighted by atomic mass is 19.3. The van der Waals surface area contributed by atoms with Crippen molar-refractivity contribution in [2.75, 3.05) is 4.90 Å². The van der Waals surface area contributed by atoms with Crippen LogP contribution in [0.3, 0.4) is 0 Å². The van der Waals surface area contributed by atoms with Gasteiger partial charge in [0, 0.05) is 17.5 Å². The summed E-state index contributed by atoms with van der Waals surface area (Å²) in [6.07, 6.45) is 0.110. The van der Waals surface area contributed by atoms with Crippen molar-refractivity contribution in [3.63, 3.8) is 0 Å². The average Bonchev–Trinajstić information content (AvgIpc) is 3.45. The molecule has 222 valence electrons. The molecule has 5 rings (SSSR count). The SMILES string of the molecule is CC(C)(C#N)c1nnc(-c2cc3c(cc2F)C(F)(F)CC(N)C(=O)N3Cc2ccc(-c3ccc(OC(F)F)cn3)cc2)o1. The average molecular weight is 599 g/mol. The molecule has 0 radical (unpaired) electrons. The Labute approximate surface area is 241 Å². The van der Waals surface area contributed by atoms with E-state index in [4.69, 9.17) is 10.2 Å². The normalized spacial score (nSPS) is 16.5. The summed E-state index contributed by atoms with van der Waals surface area (Å²) in [6.45, 7) is -0.164. The number of pyridine rings is 1. The second-order valence-corrected chi connectivity index (χ2v) is 10.4. The predicted octanol–water partition coefficient (Wildman–Crippen LogP) is 5.70. The molecule has 4 aromatic rings. The summed E-state index contributed by atoms with van der Waals surface area (Å²) in [7, 11) is 0. The van der Waals surface area contributed by atoms with E-state index in [1.165, 1.54) is 26.0 Å². The molecule has 0 saturated carbocycles. The minimum Gasteiger partial charge on any atom is -0.433 e. The van der Waals surface area contributed by atoms with Gasteiger partial charge in [0.25, 0.3) is 11.8 Å². The highest BCUT2D eigenvalue weighted by Gasteiger charge is 2.45. The van der Waals surface area contributed by atoms with Crippen molar-refractivity contribution in [2.45, 2.75) is 50.8 Å². The van der Waals surface area contributed by atoms with E-state index in [1.807, 2.05) is 6.07 Å².